The second kappa shape index (κ2) is 15.6. The summed E-state index contributed by atoms with van der Waals surface area (Å²) in [6.45, 7) is 10.9. The first-order valence-electron chi connectivity index (χ1n) is 13.0. The molecule has 0 aliphatic heterocycles. The Labute approximate surface area is 240 Å². The average Bonchev–Trinajstić information content (AvgIpc) is 2.96. The largest absolute Gasteiger partial charge is 0.490 e. The van der Waals surface area contributed by atoms with Crippen LogP contribution in [0.4, 0.5) is 4.39 Å². The molecule has 0 bridgehead atoms. The highest BCUT2D eigenvalue weighted by molar-refractivity contribution is 5.87. The summed E-state index contributed by atoms with van der Waals surface area (Å²) in [5, 5.41) is 0. The van der Waals surface area contributed by atoms with Crippen LogP contribution in [-0.4, -0.2) is 38.4 Å². The van der Waals surface area contributed by atoms with E-state index in [-0.39, 0.29) is 32.2 Å². The maximum absolute atomic E-state index is 14.8. The molecule has 0 atom stereocenters. The predicted octanol–water partition coefficient (Wildman–Crippen LogP) is 7.16. The Morgan fingerprint density at radius 1 is 0.659 bits per heavy atom. The lowest BCUT2D eigenvalue weighted by Gasteiger charge is -2.08. The van der Waals surface area contributed by atoms with Crippen LogP contribution in [0.1, 0.15) is 36.1 Å². The molecule has 0 aliphatic carbocycles. The molecule has 3 aromatic carbocycles. The van der Waals surface area contributed by atoms with Gasteiger partial charge in [-0.15, -0.1) is 0 Å². The normalized spacial score (nSPS) is 10.9. The summed E-state index contributed by atoms with van der Waals surface area (Å²) in [4.78, 5) is 22.8. The molecule has 0 saturated carbocycles. The van der Waals surface area contributed by atoms with E-state index in [0.29, 0.717) is 33.8 Å². The number of halogens is 1. The van der Waals surface area contributed by atoms with Crippen LogP contribution in [-0.2, 0) is 19.1 Å². The van der Waals surface area contributed by atoms with E-state index in [0.717, 1.165) is 11.1 Å². The molecule has 7 heteroatoms. The minimum atomic E-state index is -0.454. The van der Waals surface area contributed by atoms with Gasteiger partial charge in [0, 0.05) is 16.7 Å². The Kier molecular flexibility index (Phi) is 11.7. The molecule has 0 fully saturated rings. The lowest BCUT2D eigenvalue weighted by Crippen LogP contribution is -2.12. The van der Waals surface area contributed by atoms with E-state index in [4.69, 9.17) is 18.9 Å². The number of esters is 2. The van der Waals surface area contributed by atoms with Crippen molar-refractivity contribution in [3.05, 3.63) is 119 Å². The SMILES string of the molecule is C=C(C)C(=O)OCCOc1cccc(/C=C/c2ccc(/C=C/c3cccc(OCCOC(=O)C(=C)C)c3)c(F)c2)c1. The van der Waals surface area contributed by atoms with Gasteiger partial charge in [0.15, 0.2) is 0 Å². The average molecular weight is 557 g/mol. The number of carbonyl (C=O) groups excluding carboxylic acids is 2. The summed E-state index contributed by atoms with van der Waals surface area (Å²) < 4.78 is 36.1. The van der Waals surface area contributed by atoms with Crippen LogP contribution in [0.5, 0.6) is 11.5 Å². The molecule has 41 heavy (non-hydrogen) atoms. The monoisotopic (exact) mass is 556 g/mol. The van der Waals surface area contributed by atoms with Gasteiger partial charge in [-0.1, -0.05) is 73.9 Å². The summed E-state index contributed by atoms with van der Waals surface area (Å²) in [5.41, 5.74) is 3.54. The molecule has 0 amide bonds. The molecule has 6 nitrogen and oxygen atoms in total. The molecule has 0 spiro atoms. The molecular formula is C34H33FO6. The quantitative estimate of drug-likeness (QED) is 0.0908. The standard InChI is InChI=1S/C34H33FO6/c1-24(2)33(36)40-19-17-38-30-9-5-7-26(21-30)11-12-28-14-16-29(32(35)23-28)15-13-27-8-6-10-31(22-27)39-18-20-41-34(37)25(3)4/h5-16,21-23H,1,3,17-20H2,2,4H3/b12-11+,15-13+. The van der Waals surface area contributed by atoms with Crippen molar-refractivity contribution in [2.24, 2.45) is 0 Å². The Hall–Kier alpha value is -4.91. The second-order valence-corrected chi connectivity index (χ2v) is 9.12. The Bertz CT molecular complexity index is 1450. The third kappa shape index (κ3) is 10.6. The molecule has 3 rings (SSSR count). The fourth-order valence-corrected chi connectivity index (χ4v) is 3.41. The third-order valence-electron chi connectivity index (χ3n) is 5.53. The topological polar surface area (TPSA) is 71.1 Å². The summed E-state index contributed by atoms with van der Waals surface area (Å²) >= 11 is 0. The van der Waals surface area contributed by atoms with Gasteiger partial charge in [0.05, 0.1) is 0 Å². The van der Waals surface area contributed by atoms with Crippen LogP contribution in [0, 0.1) is 5.82 Å². The Balaban J connectivity index is 1.54. The van der Waals surface area contributed by atoms with Crippen molar-refractivity contribution in [1.82, 2.24) is 0 Å². The zero-order valence-electron chi connectivity index (χ0n) is 23.2. The summed E-state index contributed by atoms with van der Waals surface area (Å²) in [5.74, 6) is -0.0112. The van der Waals surface area contributed by atoms with Crippen molar-refractivity contribution in [2.75, 3.05) is 26.4 Å². The molecule has 0 aliphatic rings. The second-order valence-electron chi connectivity index (χ2n) is 9.12. The van der Waals surface area contributed by atoms with Crippen LogP contribution < -0.4 is 9.47 Å². The molecule has 0 saturated heterocycles. The van der Waals surface area contributed by atoms with Gasteiger partial charge in [-0.3, -0.25) is 0 Å². The Morgan fingerprint density at radius 2 is 1.12 bits per heavy atom. The molecule has 3 aromatic rings. The van der Waals surface area contributed by atoms with Crippen molar-refractivity contribution >= 4 is 36.2 Å². The van der Waals surface area contributed by atoms with Crippen molar-refractivity contribution in [2.45, 2.75) is 13.8 Å². The number of hydrogen-bond donors (Lipinski definition) is 0. The van der Waals surface area contributed by atoms with E-state index >= 15 is 0 Å². The number of ether oxygens (including phenoxy) is 4. The van der Waals surface area contributed by atoms with E-state index in [9.17, 15) is 14.0 Å². The van der Waals surface area contributed by atoms with E-state index < -0.39 is 11.9 Å². The van der Waals surface area contributed by atoms with Crippen LogP contribution in [0.25, 0.3) is 24.3 Å². The zero-order chi connectivity index (χ0) is 29.6. The van der Waals surface area contributed by atoms with Crippen molar-refractivity contribution < 1.29 is 32.9 Å². The smallest absolute Gasteiger partial charge is 0.333 e. The molecule has 0 aromatic heterocycles. The maximum Gasteiger partial charge on any atom is 0.333 e. The fraction of sp³-hybridized carbons (Fsp3) is 0.176. The van der Waals surface area contributed by atoms with E-state index in [2.05, 4.69) is 13.2 Å². The minimum Gasteiger partial charge on any atom is -0.490 e. The highest BCUT2D eigenvalue weighted by atomic mass is 19.1. The number of benzene rings is 3. The lowest BCUT2D eigenvalue weighted by molar-refractivity contribution is -0.140. The summed E-state index contributed by atoms with van der Waals surface area (Å²) in [7, 11) is 0. The van der Waals surface area contributed by atoms with Crippen LogP contribution in [0.3, 0.4) is 0 Å². The number of hydrogen-bond acceptors (Lipinski definition) is 6. The van der Waals surface area contributed by atoms with Gasteiger partial charge in [-0.25, -0.2) is 14.0 Å². The van der Waals surface area contributed by atoms with E-state index in [1.165, 1.54) is 6.07 Å². The van der Waals surface area contributed by atoms with E-state index in [1.54, 1.807) is 38.1 Å². The molecule has 0 radical (unpaired) electrons. The molecule has 212 valence electrons. The van der Waals surface area contributed by atoms with Gasteiger partial charge >= 0.3 is 11.9 Å². The van der Waals surface area contributed by atoms with Crippen molar-refractivity contribution in [3.63, 3.8) is 0 Å². The first-order valence-corrected chi connectivity index (χ1v) is 13.0. The van der Waals surface area contributed by atoms with Gasteiger partial charge in [0.2, 0.25) is 0 Å². The van der Waals surface area contributed by atoms with Crippen LogP contribution in [0.15, 0.2) is 91.0 Å². The molecule has 0 unspecified atom stereocenters. The highest BCUT2D eigenvalue weighted by Gasteiger charge is 2.05. The first kappa shape index (κ1) is 30.6. The van der Waals surface area contributed by atoms with Crippen LogP contribution in [0.2, 0.25) is 0 Å². The maximum atomic E-state index is 14.8. The van der Waals surface area contributed by atoms with Crippen molar-refractivity contribution in [1.29, 1.82) is 0 Å². The Morgan fingerprint density at radius 3 is 1.59 bits per heavy atom. The molecule has 0 N–H and O–H groups in total. The van der Waals surface area contributed by atoms with Gasteiger partial charge in [0.1, 0.15) is 43.7 Å². The highest BCUT2D eigenvalue weighted by Crippen LogP contribution is 2.20. The van der Waals surface area contributed by atoms with Crippen LogP contribution >= 0.6 is 0 Å². The first-order chi connectivity index (χ1) is 19.7. The van der Waals surface area contributed by atoms with E-state index in [1.807, 2.05) is 60.7 Å². The summed E-state index contributed by atoms with van der Waals surface area (Å²) in [6, 6.07) is 19.8. The predicted molar refractivity (Wildman–Crippen MR) is 160 cm³/mol. The summed E-state index contributed by atoms with van der Waals surface area (Å²) in [6.07, 6.45) is 7.18. The third-order valence-corrected chi connectivity index (χ3v) is 5.53. The molecule has 0 heterocycles. The minimum absolute atomic E-state index is 0.117. The number of rotatable bonds is 14. The lowest BCUT2D eigenvalue weighted by atomic mass is 10.1. The van der Waals surface area contributed by atoms with Crippen molar-refractivity contribution in [3.8, 4) is 11.5 Å². The van der Waals surface area contributed by atoms with Gasteiger partial charge in [-0.2, -0.15) is 0 Å². The van der Waals surface area contributed by atoms with Gasteiger partial charge < -0.3 is 18.9 Å². The fourth-order valence-electron chi connectivity index (χ4n) is 3.41. The van der Waals surface area contributed by atoms with Gasteiger partial charge in [-0.05, 0) is 60.9 Å². The molecular weight excluding hydrogens is 523 g/mol. The zero-order valence-corrected chi connectivity index (χ0v) is 23.2. The van der Waals surface area contributed by atoms with Gasteiger partial charge in [0.25, 0.3) is 0 Å². The number of carbonyl (C=O) groups is 2.